The summed E-state index contributed by atoms with van der Waals surface area (Å²) in [6.45, 7) is 3.07. The summed E-state index contributed by atoms with van der Waals surface area (Å²) in [4.78, 5) is 0. The Morgan fingerprint density at radius 2 is 2.05 bits per heavy atom. The van der Waals surface area contributed by atoms with Crippen molar-refractivity contribution in [1.82, 2.24) is 5.32 Å². The zero-order valence-corrected chi connectivity index (χ0v) is 12.3. The van der Waals surface area contributed by atoms with Gasteiger partial charge in [-0.15, -0.1) is 0 Å². The van der Waals surface area contributed by atoms with E-state index in [-0.39, 0.29) is 5.82 Å². The van der Waals surface area contributed by atoms with Crippen molar-refractivity contribution in [1.29, 1.82) is 0 Å². The third-order valence-corrected chi connectivity index (χ3v) is 4.90. The molecule has 20 heavy (non-hydrogen) atoms. The molecule has 3 unspecified atom stereocenters. The van der Waals surface area contributed by atoms with Crippen LogP contribution in [0.15, 0.2) is 18.2 Å². The van der Waals surface area contributed by atoms with E-state index >= 15 is 0 Å². The van der Waals surface area contributed by atoms with Gasteiger partial charge in [0.05, 0.1) is 5.69 Å². The first-order valence-electron chi connectivity index (χ1n) is 8.00. The van der Waals surface area contributed by atoms with Crippen LogP contribution in [0.25, 0.3) is 0 Å². The van der Waals surface area contributed by atoms with E-state index in [2.05, 4.69) is 10.6 Å². The van der Waals surface area contributed by atoms with Crippen LogP contribution in [0.5, 0.6) is 0 Å². The molecule has 2 aliphatic rings. The number of piperidine rings is 1. The predicted molar refractivity (Wildman–Crippen MR) is 81.5 cm³/mol. The normalized spacial score (nSPS) is 30.4. The number of hydrogen-bond donors (Lipinski definition) is 2. The van der Waals surface area contributed by atoms with Crippen molar-refractivity contribution in [2.24, 2.45) is 5.92 Å². The van der Waals surface area contributed by atoms with Crippen LogP contribution in [-0.2, 0) is 0 Å². The van der Waals surface area contributed by atoms with E-state index in [1.807, 2.05) is 19.1 Å². The Bertz CT molecular complexity index is 454. The van der Waals surface area contributed by atoms with E-state index < -0.39 is 0 Å². The number of benzene rings is 1. The summed E-state index contributed by atoms with van der Waals surface area (Å²) in [6, 6.07) is 6.52. The lowest BCUT2D eigenvalue weighted by Gasteiger charge is -2.33. The van der Waals surface area contributed by atoms with E-state index in [9.17, 15) is 4.39 Å². The number of nitrogens with one attached hydrogen (secondary N) is 2. The Balaban J connectivity index is 1.68. The summed E-state index contributed by atoms with van der Waals surface area (Å²) in [5, 5.41) is 7.14. The van der Waals surface area contributed by atoms with Gasteiger partial charge in [0, 0.05) is 12.1 Å². The fourth-order valence-corrected chi connectivity index (χ4v) is 3.83. The summed E-state index contributed by atoms with van der Waals surface area (Å²) in [5.74, 6) is 0.531. The summed E-state index contributed by atoms with van der Waals surface area (Å²) in [5.41, 5.74) is 1.65. The van der Waals surface area contributed by atoms with Gasteiger partial charge in [0.2, 0.25) is 0 Å². The molecule has 1 aromatic rings. The molecule has 3 heteroatoms. The van der Waals surface area contributed by atoms with Crippen molar-refractivity contribution in [3.63, 3.8) is 0 Å². The second-order valence-electron chi connectivity index (χ2n) is 6.39. The van der Waals surface area contributed by atoms with E-state index in [0.29, 0.717) is 23.7 Å². The molecular formula is C17H25FN2. The monoisotopic (exact) mass is 276 g/mol. The van der Waals surface area contributed by atoms with E-state index in [1.165, 1.54) is 32.1 Å². The van der Waals surface area contributed by atoms with E-state index in [1.54, 1.807) is 6.07 Å². The first-order valence-corrected chi connectivity index (χ1v) is 8.00. The highest BCUT2D eigenvalue weighted by atomic mass is 19.1. The van der Waals surface area contributed by atoms with Crippen molar-refractivity contribution in [2.45, 2.75) is 57.5 Å². The summed E-state index contributed by atoms with van der Waals surface area (Å²) in [6.07, 6.45) is 7.60. The first-order chi connectivity index (χ1) is 9.74. The first kappa shape index (κ1) is 13.9. The molecule has 0 bridgehead atoms. The molecule has 0 amide bonds. The lowest BCUT2D eigenvalue weighted by Crippen LogP contribution is -2.44. The maximum absolute atomic E-state index is 14.0. The molecule has 110 valence electrons. The zero-order chi connectivity index (χ0) is 13.9. The number of anilines is 1. The van der Waals surface area contributed by atoms with Crippen LogP contribution in [0, 0.1) is 18.7 Å². The lowest BCUT2D eigenvalue weighted by molar-refractivity contribution is 0.286. The molecule has 2 nitrogen and oxygen atoms in total. The number of rotatable bonds is 3. The molecule has 0 radical (unpaired) electrons. The summed E-state index contributed by atoms with van der Waals surface area (Å²) >= 11 is 0. The molecule has 1 aliphatic carbocycles. The Labute approximate surface area is 121 Å². The zero-order valence-electron chi connectivity index (χ0n) is 12.3. The SMILES string of the molecule is Cc1ccc(NC2CCCC2C2CCCCN2)c(F)c1. The van der Waals surface area contributed by atoms with Crippen LogP contribution < -0.4 is 10.6 Å². The van der Waals surface area contributed by atoms with Gasteiger partial charge in [0.25, 0.3) is 0 Å². The van der Waals surface area contributed by atoms with Gasteiger partial charge < -0.3 is 10.6 Å². The van der Waals surface area contributed by atoms with Gasteiger partial charge in [-0.05, 0) is 62.8 Å². The topological polar surface area (TPSA) is 24.1 Å². The highest BCUT2D eigenvalue weighted by Crippen LogP contribution is 2.34. The third-order valence-electron chi connectivity index (χ3n) is 4.90. The van der Waals surface area contributed by atoms with Crippen molar-refractivity contribution in [3.8, 4) is 0 Å². The van der Waals surface area contributed by atoms with Gasteiger partial charge in [-0.3, -0.25) is 0 Å². The Morgan fingerprint density at radius 3 is 2.80 bits per heavy atom. The van der Waals surface area contributed by atoms with Gasteiger partial charge in [-0.1, -0.05) is 18.9 Å². The smallest absolute Gasteiger partial charge is 0.146 e. The minimum atomic E-state index is -0.118. The molecule has 2 fully saturated rings. The van der Waals surface area contributed by atoms with E-state index in [0.717, 1.165) is 18.5 Å². The summed E-state index contributed by atoms with van der Waals surface area (Å²) in [7, 11) is 0. The third kappa shape index (κ3) is 2.98. The molecular weight excluding hydrogens is 251 g/mol. The van der Waals surface area contributed by atoms with Crippen LogP contribution in [0.2, 0.25) is 0 Å². The average Bonchev–Trinajstić information content (AvgIpc) is 2.91. The second-order valence-corrected chi connectivity index (χ2v) is 6.39. The quantitative estimate of drug-likeness (QED) is 0.876. The minimum Gasteiger partial charge on any atom is -0.380 e. The van der Waals surface area contributed by atoms with Crippen LogP contribution >= 0.6 is 0 Å². The Hall–Kier alpha value is -1.09. The molecule has 3 rings (SSSR count). The van der Waals surface area contributed by atoms with Gasteiger partial charge >= 0.3 is 0 Å². The summed E-state index contributed by atoms with van der Waals surface area (Å²) < 4.78 is 14.0. The van der Waals surface area contributed by atoms with Crippen LogP contribution in [0.1, 0.15) is 44.1 Å². The largest absolute Gasteiger partial charge is 0.380 e. The molecule has 1 aliphatic heterocycles. The van der Waals surface area contributed by atoms with Crippen LogP contribution in [0.4, 0.5) is 10.1 Å². The minimum absolute atomic E-state index is 0.118. The standard InChI is InChI=1S/C17H25FN2/c1-12-8-9-17(14(18)11-12)20-16-7-4-5-13(16)15-6-2-3-10-19-15/h8-9,11,13,15-16,19-20H,2-7,10H2,1H3. The lowest BCUT2D eigenvalue weighted by atomic mass is 9.88. The molecule has 3 atom stereocenters. The Kier molecular flexibility index (Phi) is 4.25. The number of hydrogen-bond acceptors (Lipinski definition) is 2. The number of aryl methyl sites for hydroxylation is 1. The van der Waals surface area contributed by atoms with Crippen molar-refractivity contribution in [2.75, 3.05) is 11.9 Å². The molecule has 2 N–H and O–H groups in total. The molecule has 0 aromatic heterocycles. The number of halogens is 1. The fourth-order valence-electron chi connectivity index (χ4n) is 3.83. The van der Waals surface area contributed by atoms with Gasteiger partial charge in [-0.25, -0.2) is 4.39 Å². The predicted octanol–water partition coefficient (Wildman–Crippen LogP) is 3.86. The average molecular weight is 276 g/mol. The van der Waals surface area contributed by atoms with Crippen molar-refractivity contribution in [3.05, 3.63) is 29.6 Å². The van der Waals surface area contributed by atoms with Crippen molar-refractivity contribution >= 4 is 5.69 Å². The molecule has 1 aromatic carbocycles. The highest BCUT2D eigenvalue weighted by Gasteiger charge is 2.34. The van der Waals surface area contributed by atoms with E-state index in [4.69, 9.17) is 0 Å². The maximum Gasteiger partial charge on any atom is 0.146 e. The van der Waals surface area contributed by atoms with Gasteiger partial charge in [0.15, 0.2) is 0 Å². The molecule has 1 saturated heterocycles. The van der Waals surface area contributed by atoms with Gasteiger partial charge in [-0.2, -0.15) is 0 Å². The molecule has 1 heterocycles. The molecule has 1 saturated carbocycles. The van der Waals surface area contributed by atoms with Crippen LogP contribution in [-0.4, -0.2) is 18.6 Å². The van der Waals surface area contributed by atoms with Gasteiger partial charge in [0.1, 0.15) is 5.82 Å². The highest BCUT2D eigenvalue weighted by molar-refractivity contribution is 5.47. The second kappa shape index (κ2) is 6.13. The molecule has 0 spiro atoms. The maximum atomic E-state index is 14.0. The van der Waals surface area contributed by atoms with Crippen molar-refractivity contribution < 1.29 is 4.39 Å². The Morgan fingerprint density at radius 1 is 1.15 bits per heavy atom. The fraction of sp³-hybridized carbons (Fsp3) is 0.647. The van der Waals surface area contributed by atoms with Crippen LogP contribution in [0.3, 0.4) is 0 Å².